The van der Waals surface area contributed by atoms with Gasteiger partial charge in [-0.25, -0.2) is 0 Å². The van der Waals surface area contributed by atoms with Gasteiger partial charge in [-0.05, 0) is 23.8 Å². The quantitative estimate of drug-likeness (QED) is 0.801. The number of halogens is 2. The molecule has 0 atom stereocenters. The van der Waals surface area contributed by atoms with Gasteiger partial charge in [0, 0.05) is 13.6 Å². The summed E-state index contributed by atoms with van der Waals surface area (Å²) in [5.41, 5.74) is 0.971. The molecule has 19 heavy (non-hydrogen) atoms. The fraction of sp³-hybridized carbons (Fsp3) is 0.462. The number of nitrogens with zero attached hydrogens (tertiary/aromatic N) is 1. The fourth-order valence-corrected chi connectivity index (χ4v) is 2.10. The Balaban J connectivity index is 2.52. The molecule has 106 valence electrons. The van der Waals surface area contributed by atoms with Crippen LogP contribution < -0.4 is 10.2 Å². The van der Waals surface area contributed by atoms with Crippen LogP contribution in [0.1, 0.15) is 5.56 Å². The molecule has 6 heteroatoms. The van der Waals surface area contributed by atoms with E-state index in [1.165, 1.54) is 4.90 Å². The summed E-state index contributed by atoms with van der Waals surface area (Å²) in [6.07, 6.45) is 0. The molecule has 0 spiro atoms. The van der Waals surface area contributed by atoms with E-state index in [0.717, 1.165) is 23.8 Å². The van der Waals surface area contributed by atoms with Crippen molar-refractivity contribution in [1.29, 1.82) is 0 Å². The first-order chi connectivity index (χ1) is 8.91. The molecule has 1 rings (SSSR count). The van der Waals surface area contributed by atoms with Gasteiger partial charge in [-0.1, -0.05) is 35.3 Å². The summed E-state index contributed by atoms with van der Waals surface area (Å²) in [4.78, 5) is 3.34. The number of hydrogen-bond donors (Lipinski definition) is 2. The number of benzene rings is 1. The SMILES string of the molecule is CN(Cc1cccc(Cl)c1Cl)C(=S)NCC[NH+](C)C. The van der Waals surface area contributed by atoms with Crippen molar-refractivity contribution in [3.8, 4) is 0 Å². The Hall–Kier alpha value is -0.550. The second kappa shape index (κ2) is 7.90. The van der Waals surface area contributed by atoms with Crippen molar-refractivity contribution in [2.45, 2.75) is 6.54 Å². The van der Waals surface area contributed by atoms with Crippen molar-refractivity contribution < 1.29 is 4.90 Å². The highest BCUT2D eigenvalue weighted by molar-refractivity contribution is 7.80. The minimum Gasteiger partial charge on any atom is -0.357 e. The van der Waals surface area contributed by atoms with Gasteiger partial charge in [0.1, 0.15) is 0 Å². The summed E-state index contributed by atoms with van der Waals surface area (Å²) < 4.78 is 0. The van der Waals surface area contributed by atoms with Crippen LogP contribution in [0, 0.1) is 0 Å². The Morgan fingerprint density at radius 3 is 2.68 bits per heavy atom. The fourth-order valence-electron chi connectivity index (χ4n) is 1.55. The number of nitrogens with one attached hydrogen (secondary N) is 2. The molecule has 0 aliphatic heterocycles. The highest BCUT2D eigenvalue weighted by atomic mass is 35.5. The molecule has 0 fully saturated rings. The second-order valence-corrected chi connectivity index (χ2v) is 5.93. The maximum atomic E-state index is 6.16. The number of quaternary nitrogens is 1. The van der Waals surface area contributed by atoms with E-state index in [2.05, 4.69) is 19.4 Å². The Morgan fingerprint density at radius 2 is 2.05 bits per heavy atom. The van der Waals surface area contributed by atoms with E-state index in [0.29, 0.717) is 16.6 Å². The highest BCUT2D eigenvalue weighted by Crippen LogP contribution is 2.26. The zero-order valence-electron chi connectivity index (χ0n) is 11.5. The molecule has 2 N–H and O–H groups in total. The lowest BCUT2D eigenvalue weighted by Gasteiger charge is -2.22. The highest BCUT2D eigenvalue weighted by Gasteiger charge is 2.09. The molecule has 0 amide bonds. The number of rotatable bonds is 5. The van der Waals surface area contributed by atoms with Gasteiger partial charge in [0.2, 0.25) is 0 Å². The summed E-state index contributed by atoms with van der Waals surface area (Å²) in [6.45, 7) is 2.51. The average Bonchev–Trinajstić information content (AvgIpc) is 2.34. The van der Waals surface area contributed by atoms with E-state index >= 15 is 0 Å². The van der Waals surface area contributed by atoms with Crippen LogP contribution in [0.4, 0.5) is 0 Å². The first kappa shape index (κ1) is 16.5. The lowest BCUT2D eigenvalue weighted by molar-refractivity contribution is -0.856. The molecule has 3 nitrogen and oxygen atoms in total. The molecular formula is C13H20Cl2N3S+. The van der Waals surface area contributed by atoms with Gasteiger partial charge in [0.15, 0.2) is 5.11 Å². The monoisotopic (exact) mass is 320 g/mol. The smallest absolute Gasteiger partial charge is 0.169 e. The molecular weight excluding hydrogens is 301 g/mol. The third-order valence-corrected chi connectivity index (χ3v) is 4.00. The average molecular weight is 321 g/mol. The molecule has 0 unspecified atom stereocenters. The van der Waals surface area contributed by atoms with Crippen molar-refractivity contribution >= 4 is 40.5 Å². The van der Waals surface area contributed by atoms with E-state index in [4.69, 9.17) is 35.4 Å². The minimum absolute atomic E-state index is 0.572. The predicted molar refractivity (Wildman–Crippen MR) is 86.2 cm³/mol. The van der Waals surface area contributed by atoms with E-state index in [-0.39, 0.29) is 0 Å². The summed E-state index contributed by atoms with van der Waals surface area (Å²) >= 11 is 17.5. The first-order valence-electron chi connectivity index (χ1n) is 6.12. The van der Waals surface area contributed by atoms with Gasteiger partial charge in [-0.3, -0.25) is 0 Å². The Bertz CT molecular complexity index is 438. The van der Waals surface area contributed by atoms with Crippen LogP contribution in [0.2, 0.25) is 10.0 Å². The third kappa shape index (κ3) is 5.53. The first-order valence-corrected chi connectivity index (χ1v) is 7.29. The van der Waals surface area contributed by atoms with Crippen LogP contribution in [0.3, 0.4) is 0 Å². The van der Waals surface area contributed by atoms with Crippen molar-refractivity contribution in [2.75, 3.05) is 34.2 Å². The largest absolute Gasteiger partial charge is 0.357 e. The van der Waals surface area contributed by atoms with Crippen LogP contribution in [0.25, 0.3) is 0 Å². The molecule has 1 aromatic carbocycles. The molecule has 0 saturated heterocycles. The molecule has 0 aliphatic carbocycles. The van der Waals surface area contributed by atoms with Gasteiger partial charge in [-0.15, -0.1) is 0 Å². The van der Waals surface area contributed by atoms with Gasteiger partial charge < -0.3 is 15.1 Å². The molecule has 0 heterocycles. The summed E-state index contributed by atoms with van der Waals surface area (Å²) in [7, 11) is 6.16. The lowest BCUT2D eigenvalue weighted by Crippen LogP contribution is -3.06. The maximum absolute atomic E-state index is 6.16. The zero-order chi connectivity index (χ0) is 14.4. The van der Waals surface area contributed by atoms with Crippen LogP contribution in [0.5, 0.6) is 0 Å². The van der Waals surface area contributed by atoms with Crippen molar-refractivity contribution in [3.63, 3.8) is 0 Å². The van der Waals surface area contributed by atoms with Crippen LogP contribution >= 0.6 is 35.4 Å². The van der Waals surface area contributed by atoms with Crippen LogP contribution in [-0.2, 0) is 6.54 Å². The second-order valence-electron chi connectivity index (χ2n) is 4.76. The molecule has 0 saturated carbocycles. The molecule has 0 radical (unpaired) electrons. The Kier molecular flexibility index (Phi) is 6.86. The standard InChI is InChI=1S/C13H19Cl2N3S/c1-17(2)8-7-16-13(19)18(3)9-10-5-4-6-11(14)12(10)15/h4-6H,7-9H2,1-3H3,(H,16,19)/p+1. The third-order valence-electron chi connectivity index (χ3n) is 2.69. The molecule has 0 aromatic heterocycles. The predicted octanol–water partition coefficient (Wildman–Crippen LogP) is 1.44. The topological polar surface area (TPSA) is 19.7 Å². The Labute approximate surface area is 130 Å². The van der Waals surface area contributed by atoms with Crippen molar-refractivity contribution in [1.82, 2.24) is 10.2 Å². The van der Waals surface area contributed by atoms with Gasteiger partial charge in [0.05, 0.1) is 37.2 Å². The van der Waals surface area contributed by atoms with E-state index in [9.17, 15) is 0 Å². The normalized spacial score (nSPS) is 10.6. The molecule has 1 aromatic rings. The zero-order valence-corrected chi connectivity index (χ0v) is 13.8. The van der Waals surface area contributed by atoms with E-state index in [1.54, 1.807) is 6.07 Å². The summed E-state index contributed by atoms with van der Waals surface area (Å²) in [5.74, 6) is 0. The van der Waals surface area contributed by atoms with E-state index < -0.39 is 0 Å². The van der Waals surface area contributed by atoms with Crippen LogP contribution in [0.15, 0.2) is 18.2 Å². The minimum atomic E-state index is 0.572. The van der Waals surface area contributed by atoms with Gasteiger partial charge in [0.25, 0.3) is 0 Å². The summed E-state index contributed by atoms with van der Waals surface area (Å²) in [6, 6.07) is 5.63. The lowest BCUT2D eigenvalue weighted by atomic mass is 10.2. The van der Waals surface area contributed by atoms with Crippen molar-refractivity contribution in [3.05, 3.63) is 33.8 Å². The molecule has 0 aliphatic rings. The molecule has 0 bridgehead atoms. The number of likely N-dealkylation sites (N-methyl/N-ethyl adjacent to an activating group) is 1. The van der Waals surface area contributed by atoms with Gasteiger partial charge >= 0.3 is 0 Å². The van der Waals surface area contributed by atoms with Crippen LogP contribution in [-0.4, -0.2) is 44.2 Å². The van der Waals surface area contributed by atoms with Gasteiger partial charge in [-0.2, -0.15) is 0 Å². The number of thiocarbonyl (C=S) groups is 1. The summed E-state index contributed by atoms with van der Waals surface area (Å²) in [5, 5.41) is 5.11. The maximum Gasteiger partial charge on any atom is 0.169 e. The Morgan fingerprint density at radius 1 is 1.37 bits per heavy atom. The van der Waals surface area contributed by atoms with E-state index in [1.807, 2.05) is 24.1 Å². The van der Waals surface area contributed by atoms with Crippen molar-refractivity contribution in [2.24, 2.45) is 0 Å². The number of hydrogen-bond acceptors (Lipinski definition) is 1.